The van der Waals surface area contributed by atoms with E-state index in [4.69, 9.17) is 0 Å². The van der Waals surface area contributed by atoms with E-state index in [1.807, 2.05) is 24.3 Å². The molecule has 0 fully saturated rings. The van der Waals surface area contributed by atoms with Crippen molar-refractivity contribution in [2.75, 3.05) is 5.32 Å². The van der Waals surface area contributed by atoms with Crippen LogP contribution in [0.25, 0.3) is 16.8 Å². The fourth-order valence-corrected chi connectivity index (χ4v) is 2.47. The maximum absolute atomic E-state index is 12.5. The SMILES string of the molecule is O=CNc1c(-c2ccccc2)cc(=O)n(-c2ccccc2)c1O. The van der Waals surface area contributed by atoms with Crippen molar-refractivity contribution in [3.8, 4) is 22.7 Å². The van der Waals surface area contributed by atoms with E-state index in [0.29, 0.717) is 17.7 Å². The summed E-state index contributed by atoms with van der Waals surface area (Å²) >= 11 is 0. The number of aromatic hydroxyl groups is 1. The van der Waals surface area contributed by atoms with E-state index in [0.717, 1.165) is 10.1 Å². The molecular formula is C18H14N2O3. The van der Waals surface area contributed by atoms with Crippen LogP contribution in [-0.4, -0.2) is 16.1 Å². The predicted molar refractivity (Wildman–Crippen MR) is 88.8 cm³/mol. The summed E-state index contributed by atoms with van der Waals surface area (Å²) in [5.41, 5.74) is 1.51. The minimum absolute atomic E-state index is 0.189. The molecular weight excluding hydrogens is 292 g/mol. The minimum atomic E-state index is -0.385. The Kier molecular flexibility index (Phi) is 3.93. The van der Waals surface area contributed by atoms with Crippen molar-refractivity contribution in [2.45, 2.75) is 0 Å². The molecule has 1 aromatic heterocycles. The van der Waals surface area contributed by atoms with Gasteiger partial charge < -0.3 is 10.4 Å². The fraction of sp³-hybridized carbons (Fsp3) is 0. The molecule has 23 heavy (non-hydrogen) atoms. The lowest BCUT2D eigenvalue weighted by molar-refractivity contribution is -0.105. The summed E-state index contributed by atoms with van der Waals surface area (Å²) in [6, 6.07) is 19.2. The Hall–Kier alpha value is -3.34. The molecule has 0 aliphatic rings. The van der Waals surface area contributed by atoms with E-state index in [1.54, 1.807) is 36.4 Å². The van der Waals surface area contributed by atoms with E-state index in [9.17, 15) is 14.7 Å². The largest absolute Gasteiger partial charge is 0.493 e. The molecule has 5 heteroatoms. The minimum Gasteiger partial charge on any atom is -0.493 e. The first-order chi connectivity index (χ1) is 11.2. The van der Waals surface area contributed by atoms with Gasteiger partial charge in [0.15, 0.2) is 0 Å². The zero-order valence-electron chi connectivity index (χ0n) is 12.1. The van der Waals surface area contributed by atoms with Gasteiger partial charge in [-0.3, -0.25) is 9.59 Å². The number of pyridine rings is 1. The summed E-state index contributed by atoms with van der Waals surface area (Å²) in [6.07, 6.45) is 0.474. The lowest BCUT2D eigenvalue weighted by atomic mass is 10.0. The van der Waals surface area contributed by atoms with Gasteiger partial charge in [-0.05, 0) is 17.7 Å². The number of para-hydroxylation sites is 1. The van der Waals surface area contributed by atoms with Gasteiger partial charge in [0.05, 0.1) is 5.69 Å². The highest BCUT2D eigenvalue weighted by molar-refractivity contribution is 5.88. The van der Waals surface area contributed by atoms with Crippen molar-refractivity contribution in [2.24, 2.45) is 0 Å². The maximum Gasteiger partial charge on any atom is 0.258 e. The summed E-state index contributed by atoms with van der Waals surface area (Å²) in [5, 5.41) is 13.0. The van der Waals surface area contributed by atoms with Crippen LogP contribution in [0.4, 0.5) is 5.69 Å². The third kappa shape index (κ3) is 2.72. The highest BCUT2D eigenvalue weighted by atomic mass is 16.3. The number of nitrogens with one attached hydrogen (secondary N) is 1. The number of anilines is 1. The van der Waals surface area contributed by atoms with Gasteiger partial charge in [-0.1, -0.05) is 48.5 Å². The van der Waals surface area contributed by atoms with Gasteiger partial charge in [0, 0.05) is 11.6 Å². The Morgan fingerprint density at radius 3 is 2.17 bits per heavy atom. The second-order valence-corrected chi connectivity index (χ2v) is 4.89. The molecule has 1 amide bonds. The van der Waals surface area contributed by atoms with Crippen LogP contribution >= 0.6 is 0 Å². The molecule has 0 unspecified atom stereocenters. The molecule has 3 rings (SSSR count). The van der Waals surface area contributed by atoms with E-state index in [2.05, 4.69) is 5.32 Å². The second kappa shape index (κ2) is 6.19. The van der Waals surface area contributed by atoms with Gasteiger partial charge >= 0.3 is 0 Å². The van der Waals surface area contributed by atoms with Crippen molar-refractivity contribution in [3.05, 3.63) is 77.1 Å². The van der Waals surface area contributed by atoms with Gasteiger partial charge in [0.1, 0.15) is 5.69 Å². The Balaban J connectivity index is 2.29. The Morgan fingerprint density at radius 1 is 0.957 bits per heavy atom. The maximum atomic E-state index is 12.5. The van der Waals surface area contributed by atoms with Gasteiger partial charge in [0.25, 0.3) is 5.56 Å². The topological polar surface area (TPSA) is 71.3 Å². The molecule has 0 saturated heterocycles. The number of rotatable bonds is 4. The molecule has 0 aliphatic heterocycles. The Labute approximate surface area is 132 Å². The molecule has 2 aromatic carbocycles. The second-order valence-electron chi connectivity index (χ2n) is 4.89. The van der Waals surface area contributed by atoms with Crippen LogP contribution in [0.5, 0.6) is 5.88 Å². The molecule has 114 valence electrons. The molecule has 0 saturated carbocycles. The summed E-state index contributed by atoms with van der Waals surface area (Å²) in [6.45, 7) is 0. The van der Waals surface area contributed by atoms with Crippen molar-refractivity contribution in [1.29, 1.82) is 0 Å². The lowest BCUT2D eigenvalue weighted by Crippen LogP contribution is -2.19. The van der Waals surface area contributed by atoms with Crippen LogP contribution < -0.4 is 10.9 Å². The molecule has 0 bridgehead atoms. The van der Waals surface area contributed by atoms with Crippen molar-refractivity contribution in [3.63, 3.8) is 0 Å². The van der Waals surface area contributed by atoms with Gasteiger partial charge in [-0.25, -0.2) is 4.57 Å². The summed E-state index contributed by atoms with van der Waals surface area (Å²) in [5.74, 6) is -0.311. The summed E-state index contributed by atoms with van der Waals surface area (Å²) in [7, 11) is 0. The highest BCUT2D eigenvalue weighted by Gasteiger charge is 2.17. The average molecular weight is 306 g/mol. The third-order valence-electron chi connectivity index (χ3n) is 3.50. The first-order valence-corrected chi connectivity index (χ1v) is 7.02. The monoisotopic (exact) mass is 306 g/mol. The van der Waals surface area contributed by atoms with Crippen molar-refractivity contribution >= 4 is 12.1 Å². The smallest absolute Gasteiger partial charge is 0.258 e. The predicted octanol–water partition coefficient (Wildman–Crippen LogP) is 2.78. The fourth-order valence-electron chi connectivity index (χ4n) is 2.47. The molecule has 3 aromatic rings. The first-order valence-electron chi connectivity index (χ1n) is 7.02. The molecule has 0 radical (unpaired) electrons. The number of carbonyl (C=O) groups excluding carboxylic acids is 1. The van der Waals surface area contributed by atoms with E-state index in [1.165, 1.54) is 6.07 Å². The van der Waals surface area contributed by atoms with Gasteiger partial charge in [-0.15, -0.1) is 0 Å². The number of nitrogens with zero attached hydrogens (tertiary/aromatic N) is 1. The molecule has 0 atom stereocenters. The van der Waals surface area contributed by atoms with E-state index < -0.39 is 0 Å². The van der Waals surface area contributed by atoms with Crippen molar-refractivity contribution < 1.29 is 9.90 Å². The average Bonchev–Trinajstić information content (AvgIpc) is 2.59. The normalized spacial score (nSPS) is 10.3. The Morgan fingerprint density at radius 2 is 1.57 bits per heavy atom. The van der Waals surface area contributed by atoms with Crippen LogP contribution in [0.3, 0.4) is 0 Å². The molecule has 5 nitrogen and oxygen atoms in total. The quantitative estimate of drug-likeness (QED) is 0.728. The van der Waals surface area contributed by atoms with Crippen LogP contribution in [0.2, 0.25) is 0 Å². The van der Waals surface area contributed by atoms with Crippen LogP contribution in [0.1, 0.15) is 0 Å². The Bertz CT molecular complexity index is 887. The third-order valence-corrected chi connectivity index (χ3v) is 3.50. The molecule has 1 heterocycles. The van der Waals surface area contributed by atoms with Crippen molar-refractivity contribution in [1.82, 2.24) is 4.57 Å². The molecule has 0 spiro atoms. The highest BCUT2D eigenvalue weighted by Crippen LogP contribution is 2.34. The van der Waals surface area contributed by atoms with Gasteiger partial charge in [0.2, 0.25) is 12.3 Å². The van der Waals surface area contributed by atoms with Crippen LogP contribution in [-0.2, 0) is 4.79 Å². The number of hydrogen-bond donors (Lipinski definition) is 2. The first kappa shape index (κ1) is 14.6. The van der Waals surface area contributed by atoms with Crippen LogP contribution in [0.15, 0.2) is 71.5 Å². The number of benzene rings is 2. The summed E-state index contributed by atoms with van der Waals surface area (Å²) in [4.78, 5) is 23.4. The van der Waals surface area contributed by atoms with Crippen LogP contribution in [0, 0.1) is 0 Å². The number of hydrogen-bond acceptors (Lipinski definition) is 3. The number of carbonyl (C=O) groups is 1. The van der Waals surface area contributed by atoms with E-state index in [-0.39, 0.29) is 17.1 Å². The van der Waals surface area contributed by atoms with Gasteiger partial charge in [-0.2, -0.15) is 0 Å². The standard InChI is InChI=1S/C18H14N2O3/c21-12-19-17-15(13-7-3-1-4-8-13)11-16(22)20(18(17)23)14-9-5-2-6-10-14/h1-12,23H,(H,19,21). The summed E-state index contributed by atoms with van der Waals surface area (Å²) < 4.78 is 1.15. The number of aromatic nitrogens is 1. The zero-order valence-corrected chi connectivity index (χ0v) is 12.1. The molecule has 0 aliphatic carbocycles. The molecule has 2 N–H and O–H groups in total. The van der Waals surface area contributed by atoms with E-state index >= 15 is 0 Å². The number of amides is 1. The lowest BCUT2D eigenvalue weighted by Gasteiger charge is -2.15. The zero-order chi connectivity index (χ0) is 16.2.